The molecule has 1 amide bonds. The van der Waals surface area contributed by atoms with Crippen LogP contribution in [0.2, 0.25) is 0 Å². The summed E-state index contributed by atoms with van der Waals surface area (Å²) in [5.41, 5.74) is 0.643. The average molecular weight is 460 g/mol. The Bertz CT molecular complexity index is 1070. The smallest absolute Gasteiger partial charge is 0.355 e. The summed E-state index contributed by atoms with van der Waals surface area (Å²) in [5.74, 6) is 0.795. The van der Waals surface area contributed by atoms with E-state index in [1.54, 1.807) is 30.5 Å². The van der Waals surface area contributed by atoms with Crippen LogP contribution in [0.25, 0.3) is 0 Å². The highest BCUT2D eigenvalue weighted by Crippen LogP contribution is 2.26. The minimum absolute atomic E-state index is 0.0669. The van der Waals surface area contributed by atoms with Crippen molar-refractivity contribution in [1.29, 1.82) is 0 Å². The van der Waals surface area contributed by atoms with Gasteiger partial charge in [0, 0.05) is 29.9 Å². The Morgan fingerprint density at radius 2 is 2.13 bits per heavy atom. The Kier molecular flexibility index (Phi) is 6.60. The number of anilines is 3. The molecular formula is C18H19N7O4PS+. The highest BCUT2D eigenvalue weighted by molar-refractivity contribution is 7.32. The molecule has 1 unspecified atom stereocenters. The largest absolute Gasteiger partial charge is 0.747 e. The third-order valence-electron chi connectivity index (χ3n) is 4.52. The molecule has 4 rings (SSSR count). The zero-order valence-corrected chi connectivity index (χ0v) is 17.9. The summed E-state index contributed by atoms with van der Waals surface area (Å²) in [4.78, 5) is 23.3. The lowest BCUT2D eigenvalue weighted by Gasteiger charge is -2.16. The number of carbonyl (C=O) groups is 1. The molecule has 1 saturated heterocycles. The predicted molar refractivity (Wildman–Crippen MR) is 115 cm³/mol. The lowest BCUT2D eigenvalue weighted by molar-refractivity contribution is -0.115. The Hall–Kier alpha value is -3.21. The fourth-order valence-corrected chi connectivity index (χ4v) is 4.24. The molecule has 1 fully saturated rings. The van der Waals surface area contributed by atoms with Gasteiger partial charge in [-0.2, -0.15) is 5.10 Å². The Morgan fingerprint density at radius 3 is 2.94 bits per heavy atom. The highest BCUT2D eigenvalue weighted by Gasteiger charge is 2.24. The maximum absolute atomic E-state index is 12.3. The molecule has 1 aliphatic rings. The van der Waals surface area contributed by atoms with Crippen molar-refractivity contribution in [2.75, 3.05) is 28.6 Å². The van der Waals surface area contributed by atoms with Gasteiger partial charge in [-0.1, -0.05) is 23.5 Å². The van der Waals surface area contributed by atoms with Crippen molar-refractivity contribution in [3.63, 3.8) is 0 Å². The van der Waals surface area contributed by atoms with Gasteiger partial charge >= 0.3 is 8.25 Å². The Labute approximate surface area is 182 Å². The predicted octanol–water partition coefficient (Wildman–Crippen LogP) is 2.23. The quantitative estimate of drug-likeness (QED) is 0.428. The molecular weight excluding hydrogens is 441 g/mol. The van der Waals surface area contributed by atoms with Gasteiger partial charge in [-0.05, 0) is 36.2 Å². The van der Waals surface area contributed by atoms with Crippen LogP contribution in [-0.2, 0) is 15.8 Å². The van der Waals surface area contributed by atoms with Crippen LogP contribution in [-0.4, -0.2) is 50.3 Å². The second-order valence-corrected chi connectivity index (χ2v) is 8.41. The monoisotopic (exact) mass is 460 g/mol. The van der Waals surface area contributed by atoms with Gasteiger partial charge in [-0.3, -0.25) is 4.79 Å². The van der Waals surface area contributed by atoms with Gasteiger partial charge in [0.1, 0.15) is 0 Å². The number of carbonyl (C=O) groups excluding carboxylic acids is 1. The van der Waals surface area contributed by atoms with Crippen LogP contribution in [0.1, 0.15) is 12.0 Å². The second kappa shape index (κ2) is 9.73. The minimum Gasteiger partial charge on any atom is -0.355 e. The number of nitrogens with one attached hydrogen (secondary N) is 2. The lowest BCUT2D eigenvalue weighted by Crippen LogP contribution is -2.26. The summed E-state index contributed by atoms with van der Waals surface area (Å²) >= 11 is 1.26. The number of amides is 1. The van der Waals surface area contributed by atoms with E-state index in [0.29, 0.717) is 15.8 Å². The summed E-state index contributed by atoms with van der Waals surface area (Å²) < 4.78 is 15.5. The summed E-state index contributed by atoms with van der Waals surface area (Å²) in [7, 11) is -2.75. The molecule has 0 saturated carbocycles. The van der Waals surface area contributed by atoms with Crippen molar-refractivity contribution in [2.45, 2.75) is 18.9 Å². The van der Waals surface area contributed by atoms with Crippen molar-refractivity contribution in [3.05, 3.63) is 48.2 Å². The van der Waals surface area contributed by atoms with Crippen molar-refractivity contribution in [1.82, 2.24) is 20.4 Å². The van der Waals surface area contributed by atoms with Crippen LogP contribution >= 0.6 is 19.6 Å². The summed E-state index contributed by atoms with van der Waals surface area (Å²) in [5, 5.41) is 23.2. The molecule has 2 atom stereocenters. The van der Waals surface area contributed by atoms with Gasteiger partial charge in [0.25, 0.3) is 0 Å². The van der Waals surface area contributed by atoms with Crippen LogP contribution in [0.4, 0.5) is 16.1 Å². The number of nitrogens with zero attached hydrogens (tertiary/aromatic N) is 5. The van der Waals surface area contributed by atoms with E-state index >= 15 is 0 Å². The van der Waals surface area contributed by atoms with E-state index in [1.165, 1.54) is 11.3 Å². The van der Waals surface area contributed by atoms with E-state index in [1.807, 2.05) is 12.1 Å². The molecule has 3 heterocycles. The molecule has 0 bridgehead atoms. The number of hydrogen-bond acceptors (Lipinski definition) is 10. The van der Waals surface area contributed by atoms with Crippen LogP contribution in [0.15, 0.2) is 42.6 Å². The van der Waals surface area contributed by atoms with Crippen LogP contribution < -0.4 is 20.1 Å². The summed E-state index contributed by atoms with van der Waals surface area (Å²) in [6.45, 7) is 1.64. The van der Waals surface area contributed by atoms with Gasteiger partial charge in [-0.15, -0.1) is 20.2 Å². The van der Waals surface area contributed by atoms with Gasteiger partial charge in [0.05, 0.1) is 6.42 Å². The van der Waals surface area contributed by atoms with E-state index in [-0.39, 0.29) is 24.1 Å². The minimum atomic E-state index is -2.75. The number of rotatable bonds is 8. The van der Waals surface area contributed by atoms with Crippen LogP contribution in [0.3, 0.4) is 0 Å². The maximum Gasteiger partial charge on any atom is 0.747 e. The summed E-state index contributed by atoms with van der Waals surface area (Å²) in [6.07, 6.45) is 2.64. The SMILES string of the molecule is O=C(Cc1cccc(O[P+](=O)O)c1)Nc1nnc(N[C@@H]2CCN(c3cccnn3)C2)s1. The molecule has 13 heteroatoms. The van der Waals surface area contributed by atoms with Crippen LogP contribution in [0.5, 0.6) is 5.75 Å². The number of benzene rings is 1. The third-order valence-corrected chi connectivity index (χ3v) is 5.65. The third kappa shape index (κ3) is 5.91. The first-order valence-electron chi connectivity index (χ1n) is 9.41. The zero-order valence-electron chi connectivity index (χ0n) is 16.2. The Morgan fingerprint density at radius 1 is 1.26 bits per heavy atom. The van der Waals surface area contributed by atoms with E-state index in [9.17, 15) is 9.36 Å². The molecule has 31 heavy (non-hydrogen) atoms. The first-order valence-corrected chi connectivity index (χ1v) is 11.4. The maximum atomic E-state index is 12.3. The Balaban J connectivity index is 1.28. The molecule has 0 aliphatic carbocycles. The number of aromatic nitrogens is 4. The van der Waals surface area contributed by atoms with Gasteiger partial charge < -0.3 is 15.5 Å². The molecule has 0 spiro atoms. The van der Waals surface area contributed by atoms with Gasteiger partial charge in [0.15, 0.2) is 11.6 Å². The average Bonchev–Trinajstić information content (AvgIpc) is 3.38. The van der Waals surface area contributed by atoms with E-state index in [2.05, 4.69) is 35.9 Å². The van der Waals surface area contributed by atoms with Gasteiger partial charge in [0.2, 0.25) is 16.2 Å². The van der Waals surface area contributed by atoms with Crippen LogP contribution in [0, 0.1) is 0 Å². The van der Waals surface area contributed by atoms with E-state index in [0.717, 1.165) is 25.3 Å². The molecule has 3 N–H and O–H groups in total. The van der Waals surface area contributed by atoms with Crippen molar-refractivity contribution in [3.8, 4) is 5.75 Å². The molecule has 1 aromatic carbocycles. The molecule has 11 nitrogen and oxygen atoms in total. The topological polar surface area (TPSA) is 142 Å². The van der Waals surface area contributed by atoms with E-state index in [4.69, 9.17) is 9.42 Å². The van der Waals surface area contributed by atoms with Gasteiger partial charge in [-0.25, -0.2) is 4.52 Å². The standard InChI is InChI=1S/C18H18N7O4PS/c26-16(10-12-3-1-4-14(9-12)29-30(27)28)21-18-24-23-17(31-18)20-13-6-8-25(11-13)15-5-2-7-19-22-15/h1-5,7,9,13H,6,8,10-11H2,(H2-,19,20,21,22,23,24,26,27,28)/p+1/t13-/m1/s1. The molecule has 3 aromatic rings. The molecule has 2 aromatic heterocycles. The fourth-order valence-electron chi connectivity index (χ4n) is 3.21. The molecule has 0 radical (unpaired) electrons. The second-order valence-electron chi connectivity index (χ2n) is 6.77. The van der Waals surface area contributed by atoms with Crippen molar-refractivity contribution in [2.24, 2.45) is 0 Å². The normalized spacial score (nSPS) is 16.1. The first kappa shape index (κ1) is 21.0. The molecule has 1 aliphatic heterocycles. The molecule has 160 valence electrons. The zero-order chi connectivity index (χ0) is 21.6. The van der Waals surface area contributed by atoms with Crippen molar-refractivity contribution >= 4 is 41.6 Å². The van der Waals surface area contributed by atoms with E-state index < -0.39 is 8.25 Å². The fraction of sp³-hybridized carbons (Fsp3) is 0.278. The summed E-state index contributed by atoms with van der Waals surface area (Å²) in [6, 6.07) is 10.4. The lowest BCUT2D eigenvalue weighted by atomic mass is 10.1. The number of hydrogen-bond donors (Lipinski definition) is 3. The van der Waals surface area contributed by atoms with Crippen molar-refractivity contribution < 1.29 is 18.8 Å². The first-order chi connectivity index (χ1) is 15.0. The highest BCUT2D eigenvalue weighted by atomic mass is 32.1.